The fourth-order valence-electron chi connectivity index (χ4n) is 4.41. The summed E-state index contributed by atoms with van der Waals surface area (Å²) in [7, 11) is -8.05. The van der Waals surface area contributed by atoms with Crippen LogP contribution in [0.1, 0.15) is 32.1 Å². The van der Waals surface area contributed by atoms with Crippen molar-refractivity contribution in [3.63, 3.8) is 0 Å². The molecule has 7 nitrogen and oxygen atoms in total. The van der Waals surface area contributed by atoms with Gasteiger partial charge in [0.1, 0.15) is 0 Å². The van der Waals surface area contributed by atoms with Gasteiger partial charge in [-0.05, 0) is 71.1 Å². The molecular weight excluding hydrogens is 456 g/mol. The van der Waals surface area contributed by atoms with Crippen LogP contribution in [-0.4, -0.2) is 35.3 Å². The van der Waals surface area contributed by atoms with Gasteiger partial charge < -0.3 is 5.32 Å². The lowest BCUT2D eigenvalue weighted by Crippen LogP contribution is -2.35. The highest BCUT2D eigenvalue weighted by molar-refractivity contribution is 9.10. The van der Waals surface area contributed by atoms with Gasteiger partial charge in [-0.25, -0.2) is 16.8 Å². The summed E-state index contributed by atoms with van der Waals surface area (Å²) in [5.74, 6) is 1.81. The number of benzene rings is 1. The van der Waals surface area contributed by atoms with E-state index in [1.165, 1.54) is 37.5 Å². The van der Waals surface area contributed by atoms with Crippen LogP contribution in [0.15, 0.2) is 22.7 Å². The topological polar surface area (TPSA) is 101 Å². The number of nitrogens with zero attached hydrogens (tertiary/aromatic N) is 1. The van der Waals surface area contributed by atoms with Gasteiger partial charge in [0.2, 0.25) is 26.0 Å². The maximum Gasteiger partial charge on any atom is 0.245 e. The van der Waals surface area contributed by atoms with Gasteiger partial charge in [0.15, 0.2) is 0 Å². The molecule has 2 saturated carbocycles. The molecule has 2 aliphatic rings. The quantitative estimate of drug-likeness (QED) is 0.676. The molecule has 0 aliphatic heterocycles. The molecule has 3 unspecified atom stereocenters. The predicted molar refractivity (Wildman–Crippen MR) is 108 cm³/mol. The highest BCUT2D eigenvalue weighted by Crippen LogP contribution is 2.49. The summed E-state index contributed by atoms with van der Waals surface area (Å²) in [4.78, 5) is 12.4. The second-order valence-corrected chi connectivity index (χ2v) is 12.3. The molecule has 0 saturated heterocycles. The smallest absolute Gasteiger partial charge is 0.245 e. The lowest BCUT2D eigenvalue weighted by atomic mass is 9.86. The van der Waals surface area contributed by atoms with E-state index in [0.29, 0.717) is 27.7 Å². The molecule has 1 amide bonds. The molecule has 27 heavy (non-hydrogen) atoms. The van der Waals surface area contributed by atoms with Gasteiger partial charge in [0.05, 0.1) is 18.2 Å². The number of amides is 1. The molecule has 2 bridgehead atoms. The predicted octanol–water partition coefficient (Wildman–Crippen LogP) is 2.94. The monoisotopic (exact) mass is 478 g/mol. The van der Waals surface area contributed by atoms with E-state index >= 15 is 0 Å². The first-order valence-corrected chi connectivity index (χ1v) is 13.2. The summed E-state index contributed by atoms with van der Waals surface area (Å²) >= 11 is 3.22. The van der Waals surface area contributed by atoms with Gasteiger partial charge in [-0.15, -0.1) is 0 Å². The van der Waals surface area contributed by atoms with E-state index in [0.717, 1.165) is 24.9 Å². The SMILES string of the molecule is CS(=O)(=O)N(c1ccc(NC(=O)CC2CC3CCC2C3)cc1Br)S(C)(=O)=O. The first-order chi connectivity index (χ1) is 12.4. The number of sulfonamides is 2. The van der Waals surface area contributed by atoms with Gasteiger partial charge in [-0.1, -0.05) is 6.42 Å². The van der Waals surface area contributed by atoms with Crippen molar-refractivity contribution in [2.24, 2.45) is 17.8 Å². The van der Waals surface area contributed by atoms with Gasteiger partial charge in [-0.3, -0.25) is 4.79 Å². The number of hydrogen-bond acceptors (Lipinski definition) is 5. The van der Waals surface area contributed by atoms with Crippen molar-refractivity contribution in [1.82, 2.24) is 0 Å². The first-order valence-electron chi connectivity index (χ1n) is 8.75. The van der Waals surface area contributed by atoms with Crippen molar-refractivity contribution in [2.75, 3.05) is 21.5 Å². The fourth-order valence-corrected chi connectivity index (χ4v) is 8.20. The number of fused-ring (bicyclic) bond motifs is 2. The summed E-state index contributed by atoms with van der Waals surface area (Å²) in [6.07, 6.45) is 7.00. The van der Waals surface area contributed by atoms with Crippen LogP contribution in [0.3, 0.4) is 0 Å². The highest BCUT2D eigenvalue weighted by atomic mass is 79.9. The standard InChI is InChI=1S/C17H23BrN2O5S2/c1-26(22,23)20(27(2,24)25)16-6-5-14(10-15(16)18)19-17(21)9-13-8-11-3-4-12(13)7-11/h5-6,10-13H,3-4,7-9H2,1-2H3,(H,19,21). The van der Waals surface area contributed by atoms with E-state index < -0.39 is 20.0 Å². The van der Waals surface area contributed by atoms with Crippen LogP contribution < -0.4 is 9.03 Å². The van der Waals surface area contributed by atoms with Crippen LogP contribution in [-0.2, 0) is 24.8 Å². The fraction of sp³-hybridized carbons (Fsp3) is 0.588. The Labute approximate surface area is 168 Å². The zero-order chi connectivity index (χ0) is 20.0. The minimum atomic E-state index is -4.03. The highest BCUT2D eigenvalue weighted by Gasteiger charge is 2.40. The van der Waals surface area contributed by atoms with Crippen molar-refractivity contribution in [2.45, 2.75) is 32.1 Å². The molecule has 150 valence electrons. The number of halogens is 1. The number of carbonyl (C=O) groups excluding carboxylic acids is 1. The molecule has 3 rings (SSSR count). The Hall–Kier alpha value is -1.13. The normalized spacial score (nSPS) is 24.8. The van der Waals surface area contributed by atoms with E-state index in [1.807, 2.05) is 0 Å². The number of carbonyl (C=O) groups is 1. The van der Waals surface area contributed by atoms with Crippen molar-refractivity contribution in [3.8, 4) is 0 Å². The van der Waals surface area contributed by atoms with Gasteiger partial charge in [0.25, 0.3) is 0 Å². The Morgan fingerprint density at radius 3 is 2.30 bits per heavy atom. The van der Waals surface area contributed by atoms with Crippen LogP contribution in [0.5, 0.6) is 0 Å². The molecule has 1 aromatic carbocycles. The summed E-state index contributed by atoms with van der Waals surface area (Å²) in [6, 6.07) is 4.37. The Kier molecular flexibility index (Phi) is 5.62. The summed E-state index contributed by atoms with van der Waals surface area (Å²) in [6.45, 7) is 0. The minimum Gasteiger partial charge on any atom is -0.326 e. The second-order valence-electron chi connectivity index (χ2n) is 7.58. The van der Waals surface area contributed by atoms with Crippen molar-refractivity contribution < 1.29 is 21.6 Å². The summed E-state index contributed by atoms with van der Waals surface area (Å²) < 4.78 is 48.2. The molecule has 0 radical (unpaired) electrons. The molecule has 2 aliphatic carbocycles. The van der Waals surface area contributed by atoms with E-state index in [9.17, 15) is 21.6 Å². The van der Waals surface area contributed by atoms with E-state index in [2.05, 4.69) is 21.2 Å². The van der Waals surface area contributed by atoms with Gasteiger partial charge >= 0.3 is 0 Å². The molecule has 1 N–H and O–H groups in total. The van der Waals surface area contributed by atoms with Crippen LogP contribution in [0.4, 0.5) is 11.4 Å². The van der Waals surface area contributed by atoms with Crippen LogP contribution in [0, 0.1) is 17.8 Å². The third kappa shape index (κ3) is 4.65. The van der Waals surface area contributed by atoms with Gasteiger partial charge in [-0.2, -0.15) is 3.71 Å². The average molecular weight is 479 g/mol. The lowest BCUT2D eigenvalue weighted by molar-refractivity contribution is -0.117. The Balaban J connectivity index is 1.73. The van der Waals surface area contributed by atoms with E-state index in [-0.39, 0.29) is 16.1 Å². The third-order valence-corrected chi connectivity index (χ3v) is 9.22. The number of rotatable bonds is 6. The maximum absolute atomic E-state index is 12.4. The minimum absolute atomic E-state index is 0.0221. The number of hydrogen-bond donors (Lipinski definition) is 1. The average Bonchev–Trinajstić information content (AvgIpc) is 3.09. The Morgan fingerprint density at radius 1 is 1.15 bits per heavy atom. The first kappa shape index (κ1) is 20.6. The zero-order valence-corrected chi connectivity index (χ0v) is 18.4. The molecule has 3 atom stereocenters. The van der Waals surface area contributed by atoms with Crippen molar-refractivity contribution >= 4 is 53.3 Å². The van der Waals surface area contributed by atoms with Crippen molar-refractivity contribution in [3.05, 3.63) is 22.7 Å². The van der Waals surface area contributed by atoms with E-state index in [4.69, 9.17) is 0 Å². The molecular formula is C17H23BrN2O5S2. The third-order valence-electron chi connectivity index (χ3n) is 5.36. The molecule has 1 aromatic rings. The van der Waals surface area contributed by atoms with Crippen LogP contribution >= 0.6 is 15.9 Å². The van der Waals surface area contributed by atoms with Crippen LogP contribution in [0.2, 0.25) is 0 Å². The molecule has 0 aromatic heterocycles. The van der Waals surface area contributed by atoms with Crippen LogP contribution in [0.25, 0.3) is 0 Å². The molecule has 0 spiro atoms. The Morgan fingerprint density at radius 2 is 1.81 bits per heavy atom. The van der Waals surface area contributed by atoms with Crippen molar-refractivity contribution in [1.29, 1.82) is 0 Å². The number of nitrogens with one attached hydrogen (secondary N) is 1. The van der Waals surface area contributed by atoms with E-state index in [1.54, 1.807) is 0 Å². The molecule has 0 heterocycles. The number of anilines is 2. The maximum atomic E-state index is 12.4. The summed E-state index contributed by atoms with van der Waals surface area (Å²) in [5.41, 5.74) is 0.465. The Bertz CT molecular complexity index is 930. The van der Waals surface area contributed by atoms with Gasteiger partial charge in [0, 0.05) is 16.6 Å². The molecule has 10 heteroatoms. The molecule has 2 fully saturated rings. The largest absolute Gasteiger partial charge is 0.326 e. The summed E-state index contributed by atoms with van der Waals surface area (Å²) in [5, 5.41) is 2.83. The lowest BCUT2D eigenvalue weighted by Gasteiger charge is -2.22. The second kappa shape index (κ2) is 7.36. The zero-order valence-electron chi connectivity index (χ0n) is 15.2.